The van der Waals surface area contributed by atoms with Crippen LogP contribution in [0.25, 0.3) is 0 Å². The minimum absolute atomic E-state index is 0. The Morgan fingerprint density at radius 3 is 2.39 bits per heavy atom. The molecule has 0 bridgehead atoms. The van der Waals surface area contributed by atoms with Crippen molar-refractivity contribution in [3.05, 3.63) is 66.0 Å². The highest BCUT2D eigenvalue weighted by Crippen LogP contribution is 2.04. The van der Waals surface area contributed by atoms with Gasteiger partial charge in [0, 0.05) is 25.0 Å². The number of nitrogens with two attached hydrogens (primary N) is 1. The van der Waals surface area contributed by atoms with Gasteiger partial charge in [0.25, 0.3) is 5.91 Å². The first-order valence-electron chi connectivity index (χ1n) is 6.81. The lowest BCUT2D eigenvalue weighted by molar-refractivity contribution is -0.130. The Kier molecular flexibility index (Phi) is 10.2. The summed E-state index contributed by atoms with van der Waals surface area (Å²) in [6.45, 7) is 0.371. The molecule has 2 atom stereocenters. The largest absolute Gasteiger partial charge is 0.382 e. The second-order valence-corrected chi connectivity index (χ2v) is 4.88. The van der Waals surface area contributed by atoms with Gasteiger partial charge in [-0.2, -0.15) is 0 Å². The van der Waals surface area contributed by atoms with Crippen LogP contribution in [0.4, 0.5) is 0 Å². The molecule has 1 heterocycles. The van der Waals surface area contributed by atoms with Gasteiger partial charge in [-0.25, -0.2) is 0 Å². The first kappa shape index (κ1) is 21.3. The lowest BCUT2D eigenvalue weighted by Gasteiger charge is -2.18. The fourth-order valence-electron chi connectivity index (χ4n) is 1.99. The van der Waals surface area contributed by atoms with Crippen molar-refractivity contribution in [1.82, 2.24) is 10.3 Å². The number of aliphatic hydroxyl groups is 1. The van der Waals surface area contributed by atoms with E-state index >= 15 is 0 Å². The predicted molar refractivity (Wildman–Crippen MR) is 94.7 cm³/mol. The van der Waals surface area contributed by atoms with E-state index in [0.29, 0.717) is 13.0 Å². The molecule has 0 radical (unpaired) electrons. The van der Waals surface area contributed by atoms with Gasteiger partial charge in [0.2, 0.25) is 0 Å². The van der Waals surface area contributed by atoms with Crippen LogP contribution in [0.3, 0.4) is 0 Å². The molecule has 2 rings (SSSR count). The van der Waals surface area contributed by atoms with Gasteiger partial charge < -0.3 is 16.2 Å². The van der Waals surface area contributed by atoms with E-state index in [1.807, 2.05) is 36.4 Å². The van der Waals surface area contributed by atoms with Crippen LogP contribution < -0.4 is 11.1 Å². The summed E-state index contributed by atoms with van der Waals surface area (Å²) in [5, 5.41) is 12.6. The number of hydrogen-bond acceptors (Lipinski definition) is 4. The Bertz CT molecular complexity index is 570. The van der Waals surface area contributed by atoms with Crippen molar-refractivity contribution in [2.45, 2.75) is 25.1 Å². The molecular weight excluding hydrogens is 337 g/mol. The average Bonchev–Trinajstić information content (AvgIpc) is 2.53. The van der Waals surface area contributed by atoms with E-state index in [9.17, 15) is 9.90 Å². The minimum atomic E-state index is -1.24. The number of nitrogens with zero attached hydrogens (tertiary/aromatic N) is 1. The third-order valence-electron chi connectivity index (χ3n) is 3.18. The molecule has 0 saturated heterocycles. The van der Waals surface area contributed by atoms with Gasteiger partial charge in [-0.05, 0) is 23.6 Å². The Balaban J connectivity index is 0.00000242. The molecular formula is C16H21Cl2N3O2. The summed E-state index contributed by atoms with van der Waals surface area (Å²) in [6.07, 6.45) is 2.49. The summed E-state index contributed by atoms with van der Waals surface area (Å²) in [4.78, 5) is 15.9. The normalized spacial score (nSPS) is 12.3. The maximum Gasteiger partial charge on any atom is 0.250 e. The van der Waals surface area contributed by atoms with E-state index in [1.165, 1.54) is 0 Å². The standard InChI is InChI=1S/C16H19N3O2.2ClH/c17-14(9-13-7-4-8-18-10-13)15(20)16(21)19-11-12-5-2-1-3-6-12;;/h1-8,10,14-15,20H,9,11,17H2,(H,19,21);2*1H/t14-,15?;;/m0../s1. The van der Waals surface area contributed by atoms with Crippen LogP contribution in [0.15, 0.2) is 54.9 Å². The number of aliphatic hydroxyl groups excluding tert-OH is 1. The number of rotatable bonds is 6. The zero-order valence-corrected chi connectivity index (χ0v) is 14.1. The first-order valence-corrected chi connectivity index (χ1v) is 6.81. The van der Waals surface area contributed by atoms with E-state index in [0.717, 1.165) is 11.1 Å². The van der Waals surface area contributed by atoms with E-state index in [4.69, 9.17) is 5.73 Å². The molecule has 0 saturated carbocycles. The highest BCUT2D eigenvalue weighted by molar-refractivity contribution is 5.85. The Labute approximate surface area is 148 Å². The van der Waals surface area contributed by atoms with Gasteiger partial charge in [-0.1, -0.05) is 36.4 Å². The fourth-order valence-corrected chi connectivity index (χ4v) is 1.99. The highest BCUT2D eigenvalue weighted by Gasteiger charge is 2.22. The predicted octanol–water partition coefficient (Wildman–Crippen LogP) is 1.47. The molecule has 23 heavy (non-hydrogen) atoms. The number of amides is 1. The third kappa shape index (κ3) is 6.97. The third-order valence-corrected chi connectivity index (χ3v) is 3.18. The Hall–Kier alpha value is -1.66. The molecule has 0 spiro atoms. The molecule has 1 aromatic heterocycles. The molecule has 5 nitrogen and oxygen atoms in total. The molecule has 1 aromatic carbocycles. The second-order valence-electron chi connectivity index (χ2n) is 4.88. The monoisotopic (exact) mass is 357 g/mol. The lowest BCUT2D eigenvalue weighted by Crippen LogP contribution is -2.47. The zero-order chi connectivity index (χ0) is 15.1. The van der Waals surface area contributed by atoms with Crippen molar-refractivity contribution in [3.63, 3.8) is 0 Å². The number of aromatic nitrogens is 1. The van der Waals surface area contributed by atoms with Gasteiger partial charge in [-0.3, -0.25) is 9.78 Å². The summed E-state index contributed by atoms with van der Waals surface area (Å²) in [6, 6.07) is 12.5. The topological polar surface area (TPSA) is 88.2 Å². The van der Waals surface area contributed by atoms with Crippen molar-refractivity contribution < 1.29 is 9.90 Å². The number of hydrogen-bond donors (Lipinski definition) is 3. The summed E-state index contributed by atoms with van der Waals surface area (Å²) in [5.41, 5.74) is 7.74. The van der Waals surface area contributed by atoms with Crippen molar-refractivity contribution in [2.75, 3.05) is 0 Å². The maximum absolute atomic E-state index is 11.9. The Morgan fingerprint density at radius 1 is 1.13 bits per heavy atom. The minimum Gasteiger partial charge on any atom is -0.382 e. The van der Waals surface area contributed by atoms with Crippen LogP contribution in [-0.4, -0.2) is 28.1 Å². The van der Waals surface area contributed by atoms with Gasteiger partial charge in [-0.15, -0.1) is 24.8 Å². The number of pyridine rings is 1. The molecule has 0 fully saturated rings. The van der Waals surface area contributed by atoms with Crippen molar-refractivity contribution in [2.24, 2.45) is 5.73 Å². The zero-order valence-electron chi connectivity index (χ0n) is 12.5. The molecule has 126 valence electrons. The van der Waals surface area contributed by atoms with Crippen molar-refractivity contribution in [3.8, 4) is 0 Å². The SMILES string of the molecule is Cl.Cl.N[C@@H](Cc1cccnc1)C(O)C(=O)NCc1ccccc1. The maximum atomic E-state index is 11.9. The van der Waals surface area contributed by atoms with Gasteiger partial charge >= 0.3 is 0 Å². The summed E-state index contributed by atoms with van der Waals surface area (Å²) < 4.78 is 0. The van der Waals surface area contributed by atoms with E-state index in [1.54, 1.807) is 18.5 Å². The molecule has 0 aliphatic heterocycles. The molecule has 0 aliphatic rings. The molecule has 1 unspecified atom stereocenters. The molecule has 4 N–H and O–H groups in total. The smallest absolute Gasteiger partial charge is 0.250 e. The second kappa shape index (κ2) is 11.0. The van der Waals surface area contributed by atoms with Crippen molar-refractivity contribution in [1.29, 1.82) is 0 Å². The molecule has 0 aliphatic carbocycles. The van der Waals surface area contributed by atoms with Gasteiger partial charge in [0.1, 0.15) is 6.10 Å². The Morgan fingerprint density at radius 2 is 1.78 bits per heavy atom. The van der Waals surface area contributed by atoms with Gasteiger partial charge in [0.05, 0.1) is 0 Å². The summed E-state index contributed by atoms with van der Waals surface area (Å²) in [7, 11) is 0. The average molecular weight is 358 g/mol. The van der Waals surface area contributed by atoms with Crippen LogP contribution in [0.1, 0.15) is 11.1 Å². The van der Waals surface area contributed by atoms with Crippen LogP contribution in [0.5, 0.6) is 0 Å². The molecule has 7 heteroatoms. The van der Waals surface area contributed by atoms with Gasteiger partial charge in [0.15, 0.2) is 0 Å². The van der Waals surface area contributed by atoms with Crippen LogP contribution in [0, 0.1) is 0 Å². The molecule has 2 aromatic rings. The molecule has 1 amide bonds. The van der Waals surface area contributed by atoms with E-state index in [2.05, 4.69) is 10.3 Å². The number of halogens is 2. The fraction of sp³-hybridized carbons (Fsp3) is 0.250. The number of nitrogens with one attached hydrogen (secondary N) is 1. The van der Waals surface area contributed by atoms with Crippen LogP contribution in [0.2, 0.25) is 0 Å². The summed E-state index contributed by atoms with van der Waals surface area (Å²) in [5.74, 6) is -0.463. The number of benzene rings is 1. The quantitative estimate of drug-likeness (QED) is 0.730. The van der Waals surface area contributed by atoms with Crippen molar-refractivity contribution >= 4 is 30.7 Å². The first-order chi connectivity index (χ1) is 10.2. The number of carbonyl (C=O) groups is 1. The van der Waals surface area contributed by atoms with E-state index in [-0.39, 0.29) is 24.8 Å². The highest BCUT2D eigenvalue weighted by atomic mass is 35.5. The summed E-state index contributed by atoms with van der Waals surface area (Å²) >= 11 is 0. The van der Waals surface area contributed by atoms with Crippen LogP contribution in [-0.2, 0) is 17.8 Å². The lowest BCUT2D eigenvalue weighted by atomic mass is 10.0. The number of carbonyl (C=O) groups excluding carboxylic acids is 1. The van der Waals surface area contributed by atoms with Crippen LogP contribution >= 0.6 is 24.8 Å². The van der Waals surface area contributed by atoms with E-state index < -0.39 is 18.1 Å².